The molecule has 7 heteroatoms. The molecule has 0 amide bonds. The molecule has 0 unspecified atom stereocenters. The van der Waals surface area contributed by atoms with Gasteiger partial charge in [0.15, 0.2) is 0 Å². The molecule has 17 heavy (non-hydrogen) atoms. The zero-order valence-electron chi connectivity index (χ0n) is 9.03. The molecule has 0 radical (unpaired) electrons. The van der Waals surface area contributed by atoms with Gasteiger partial charge >= 0.3 is 6.98 Å². The summed E-state index contributed by atoms with van der Waals surface area (Å²) in [5.41, 5.74) is -0.107. The van der Waals surface area contributed by atoms with Gasteiger partial charge in [0.2, 0.25) is 11.8 Å². The summed E-state index contributed by atoms with van der Waals surface area (Å²) in [6, 6.07) is 5.15. The highest BCUT2D eigenvalue weighted by Gasteiger charge is 2.25. The number of nitrogens with zero attached hydrogens (tertiary/aromatic N) is 2. The SMILES string of the molecule is Cc1nnc(Cc2cccc([B-](F)(F)F)c2)o1. The van der Waals surface area contributed by atoms with Crippen LogP contribution in [-0.4, -0.2) is 17.2 Å². The number of benzene rings is 1. The van der Waals surface area contributed by atoms with E-state index >= 15 is 0 Å². The van der Waals surface area contributed by atoms with E-state index in [1.54, 1.807) is 13.0 Å². The molecule has 2 rings (SSSR count). The Morgan fingerprint density at radius 1 is 1.24 bits per heavy atom. The summed E-state index contributed by atoms with van der Waals surface area (Å²) < 4.78 is 42.7. The van der Waals surface area contributed by atoms with Crippen molar-refractivity contribution in [2.45, 2.75) is 13.3 Å². The van der Waals surface area contributed by atoms with Crippen LogP contribution >= 0.6 is 0 Å². The first-order valence-electron chi connectivity index (χ1n) is 5.03. The fourth-order valence-electron chi connectivity index (χ4n) is 1.49. The number of hydrogen-bond donors (Lipinski definition) is 0. The molecule has 0 spiro atoms. The summed E-state index contributed by atoms with van der Waals surface area (Å²) in [5, 5.41) is 7.36. The molecule has 1 aromatic heterocycles. The molecule has 3 nitrogen and oxygen atoms in total. The molecule has 0 saturated heterocycles. The minimum Gasteiger partial charge on any atom is -0.445 e. The Morgan fingerprint density at radius 2 is 2.00 bits per heavy atom. The number of aromatic nitrogens is 2. The van der Waals surface area contributed by atoms with Gasteiger partial charge in [-0.05, 0) is 5.56 Å². The van der Waals surface area contributed by atoms with Gasteiger partial charge in [0, 0.05) is 6.92 Å². The Hall–Kier alpha value is -1.79. The Morgan fingerprint density at radius 3 is 2.59 bits per heavy atom. The molecule has 0 fully saturated rings. The number of aryl methyl sites for hydroxylation is 1. The molecule has 0 bridgehead atoms. The third kappa shape index (κ3) is 2.86. The van der Waals surface area contributed by atoms with E-state index in [9.17, 15) is 12.9 Å². The highest BCUT2D eigenvalue weighted by atomic mass is 19.4. The predicted octanol–water partition coefficient (Wildman–Crippen LogP) is 2.02. The lowest BCUT2D eigenvalue weighted by molar-refractivity contribution is 0.477. The van der Waals surface area contributed by atoms with E-state index < -0.39 is 12.4 Å². The van der Waals surface area contributed by atoms with Crippen molar-refractivity contribution in [3.05, 3.63) is 41.6 Å². The summed E-state index contributed by atoms with van der Waals surface area (Å²) in [6.45, 7) is -3.34. The smallest absolute Gasteiger partial charge is 0.445 e. The largest absolute Gasteiger partial charge is 0.509 e. The summed E-state index contributed by atoms with van der Waals surface area (Å²) in [7, 11) is 0. The van der Waals surface area contributed by atoms with Gasteiger partial charge in [-0.3, -0.25) is 0 Å². The molecule has 0 aliphatic rings. The first-order chi connectivity index (χ1) is 7.95. The lowest BCUT2D eigenvalue weighted by Gasteiger charge is -2.15. The summed E-state index contributed by atoms with van der Waals surface area (Å²) >= 11 is 0. The molecule has 0 N–H and O–H groups in total. The first-order valence-corrected chi connectivity index (χ1v) is 5.03. The molecular formula is C10H9BF3N2O-. The standard InChI is InChI=1S/C10H9BF3N2O/c1-7-15-16-10(17-7)6-8-3-2-4-9(5-8)11(12,13)14/h2-5H,6H2,1H3/q-1. The van der Waals surface area contributed by atoms with Crippen LogP contribution in [-0.2, 0) is 6.42 Å². The van der Waals surface area contributed by atoms with E-state index in [0.29, 0.717) is 17.3 Å². The summed E-state index contributed by atoms with van der Waals surface area (Å²) in [5.74, 6) is 0.713. The number of halogens is 3. The van der Waals surface area contributed by atoms with Crippen molar-refractivity contribution in [3.8, 4) is 0 Å². The van der Waals surface area contributed by atoms with Crippen LogP contribution in [0.2, 0.25) is 0 Å². The molecule has 1 aromatic carbocycles. The van der Waals surface area contributed by atoms with E-state index in [4.69, 9.17) is 4.42 Å². The Bertz CT molecular complexity index is 524. The Kier molecular flexibility index (Phi) is 2.91. The van der Waals surface area contributed by atoms with Crippen LogP contribution < -0.4 is 5.46 Å². The van der Waals surface area contributed by atoms with Crippen molar-refractivity contribution in [2.24, 2.45) is 0 Å². The molecule has 2 aromatic rings. The maximum absolute atomic E-state index is 12.5. The van der Waals surface area contributed by atoms with Crippen molar-refractivity contribution >= 4 is 12.4 Å². The van der Waals surface area contributed by atoms with Crippen LogP contribution in [0.5, 0.6) is 0 Å². The van der Waals surface area contributed by atoms with Crippen molar-refractivity contribution < 1.29 is 17.4 Å². The van der Waals surface area contributed by atoms with Gasteiger partial charge in [0.05, 0.1) is 6.42 Å². The van der Waals surface area contributed by atoms with Crippen LogP contribution in [0.15, 0.2) is 28.7 Å². The van der Waals surface area contributed by atoms with Gasteiger partial charge in [-0.2, -0.15) is 0 Å². The van der Waals surface area contributed by atoms with Crippen LogP contribution in [0.4, 0.5) is 12.9 Å². The van der Waals surface area contributed by atoms with Gasteiger partial charge in [-0.1, -0.05) is 24.3 Å². The molecule has 0 aliphatic carbocycles. The Balaban J connectivity index is 2.22. The Labute approximate surface area is 95.7 Å². The quantitative estimate of drug-likeness (QED) is 0.771. The van der Waals surface area contributed by atoms with Gasteiger partial charge in [-0.15, -0.1) is 15.7 Å². The van der Waals surface area contributed by atoms with Crippen molar-refractivity contribution in [2.75, 3.05) is 0 Å². The van der Waals surface area contributed by atoms with E-state index in [2.05, 4.69) is 10.2 Å². The molecular weight excluding hydrogens is 232 g/mol. The van der Waals surface area contributed by atoms with Crippen LogP contribution in [0.3, 0.4) is 0 Å². The van der Waals surface area contributed by atoms with Gasteiger partial charge in [0.25, 0.3) is 0 Å². The monoisotopic (exact) mass is 241 g/mol. The molecule has 0 saturated carbocycles. The maximum atomic E-state index is 12.5. The zero-order valence-corrected chi connectivity index (χ0v) is 9.03. The minimum atomic E-state index is -4.97. The lowest BCUT2D eigenvalue weighted by atomic mass is 9.79. The third-order valence-electron chi connectivity index (χ3n) is 2.25. The van der Waals surface area contributed by atoms with Gasteiger partial charge in [0.1, 0.15) is 0 Å². The minimum absolute atomic E-state index is 0.209. The topological polar surface area (TPSA) is 38.9 Å². The summed E-state index contributed by atoms with van der Waals surface area (Å²) in [4.78, 5) is 0. The number of hydrogen-bond acceptors (Lipinski definition) is 3. The van der Waals surface area contributed by atoms with E-state index in [1.807, 2.05) is 0 Å². The molecule has 90 valence electrons. The van der Waals surface area contributed by atoms with Gasteiger partial charge < -0.3 is 17.4 Å². The van der Waals surface area contributed by atoms with Gasteiger partial charge in [-0.25, -0.2) is 0 Å². The van der Waals surface area contributed by atoms with Crippen molar-refractivity contribution in [1.82, 2.24) is 10.2 Å². The zero-order chi connectivity index (χ0) is 12.5. The second-order valence-electron chi connectivity index (χ2n) is 3.71. The third-order valence-corrected chi connectivity index (χ3v) is 2.25. The lowest BCUT2D eigenvalue weighted by Crippen LogP contribution is -2.34. The van der Waals surface area contributed by atoms with Crippen LogP contribution in [0, 0.1) is 6.92 Å². The fourth-order valence-corrected chi connectivity index (χ4v) is 1.49. The van der Waals surface area contributed by atoms with E-state index in [-0.39, 0.29) is 6.42 Å². The van der Waals surface area contributed by atoms with Crippen LogP contribution in [0.25, 0.3) is 0 Å². The van der Waals surface area contributed by atoms with E-state index in [0.717, 1.165) is 12.1 Å². The highest BCUT2D eigenvalue weighted by molar-refractivity contribution is 6.73. The molecule has 0 aliphatic heterocycles. The van der Waals surface area contributed by atoms with Crippen molar-refractivity contribution in [1.29, 1.82) is 0 Å². The second-order valence-corrected chi connectivity index (χ2v) is 3.71. The van der Waals surface area contributed by atoms with Crippen LogP contribution in [0.1, 0.15) is 17.3 Å². The van der Waals surface area contributed by atoms with Crippen molar-refractivity contribution in [3.63, 3.8) is 0 Å². The average Bonchev–Trinajstić information content (AvgIpc) is 2.63. The summed E-state index contributed by atoms with van der Waals surface area (Å²) in [6.07, 6.45) is 0.209. The average molecular weight is 241 g/mol. The fraction of sp³-hybridized carbons (Fsp3) is 0.200. The maximum Gasteiger partial charge on any atom is 0.509 e. The molecule has 0 atom stereocenters. The first kappa shape index (κ1) is 11.7. The predicted molar refractivity (Wildman–Crippen MR) is 57.0 cm³/mol. The normalized spacial score (nSPS) is 11.8. The second kappa shape index (κ2) is 4.23. The van der Waals surface area contributed by atoms with E-state index in [1.165, 1.54) is 6.07 Å². The highest BCUT2D eigenvalue weighted by Crippen LogP contribution is 2.12. The number of rotatable bonds is 3. The molecule has 1 heterocycles.